The number of hydrogen-bond donors (Lipinski definition) is 6. The number of nitrogen functional groups attached to an aromatic ring is 2. The van der Waals surface area contributed by atoms with Gasteiger partial charge in [-0.05, 0) is 42.3 Å². The molecule has 0 bridgehead atoms. The van der Waals surface area contributed by atoms with Crippen LogP contribution in [0.25, 0.3) is 0 Å². The SMILES string of the molecule is NCCNc1nc(NCCc2ccc(N)cc2)nc(Nc2cccc(N)c2)n1. The predicted octanol–water partition coefficient (Wildman–Crippen LogP) is 1.80. The molecular formula is C19H25N9. The van der Waals surface area contributed by atoms with Crippen LogP contribution in [-0.4, -0.2) is 34.6 Å². The van der Waals surface area contributed by atoms with Crippen molar-refractivity contribution in [1.82, 2.24) is 15.0 Å². The van der Waals surface area contributed by atoms with Crippen LogP contribution < -0.4 is 33.2 Å². The van der Waals surface area contributed by atoms with Crippen LogP contribution in [0.2, 0.25) is 0 Å². The quantitative estimate of drug-likeness (QED) is 0.305. The van der Waals surface area contributed by atoms with E-state index in [1.54, 1.807) is 0 Å². The van der Waals surface area contributed by atoms with E-state index in [-0.39, 0.29) is 0 Å². The molecule has 2 aromatic carbocycles. The van der Waals surface area contributed by atoms with E-state index in [4.69, 9.17) is 17.2 Å². The summed E-state index contributed by atoms with van der Waals surface area (Å²) < 4.78 is 0. The van der Waals surface area contributed by atoms with Crippen molar-refractivity contribution in [2.24, 2.45) is 5.73 Å². The van der Waals surface area contributed by atoms with Gasteiger partial charge in [0.25, 0.3) is 0 Å². The summed E-state index contributed by atoms with van der Waals surface area (Å²) >= 11 is 0. The highest BCUT2D eigenvalue weighted by molar-refractivity contribution is 5.60. The molecule has 9 heteroatoms. The molecule has 0 unspecified atom stereocenters. The van der Waals surface area contributed by atoms with Crippen molar-refractivity contribution in [1.29, 1.82) is 0 Å². The lowest BCUT2D eigenvalue weighted by Gasteiger charge is -2.11. The molecule has 0 aliphatic heterocycles. The maximum atomic E-state index is 5.83. The third kappa shape index (κ3) is 5.71. The fourth-order valence-electron chi connectivity index (χ4n) is 2.52. The standard InChI is InChI=1S/C19H25N9/c20-9-11-24-18-26-17(23-10-8-13-4-6-14(21)7-5-13)27-19(28-18)25-16-3-1-2-15(22)12-16/h1-7,12H,8-11,20-22H2,(H3,23,24,25,26,27,28). The highest BCUT2D eigenvalue weighted by atomic mass is 15.3. The summed E-state index contributed by atoms with van der Waals surface area (Å²) in [6, 6.07) is 15.2. The second kappa shape index (κ2) is 9.38. The van der Waals surface area contributed by atoms with E-state index < -0.39 is 0 Å². The molecule has 0 saturated heterocycles. The van der Waals surface area contributed by atoms with E-state index in [0.29, 0.717) is 43.2 Å². The normalized spacial score (nSPS) is 10.5. The lowest BCUT2D eigenvalue weighted by Crippen LogP contribution is -2.17. The predicted molar refractivity (Wildman–Crippen MR) is 115 cm³/mol. The summed E-state index contributed by atoms with van der Waals surface area (Å²) in [4.78, 5) is 13.2. The summed E-state index contributed by atoms with van der Waals surface area (Å²) in [7, 11) is 0. The third-order valence-electron chi connectivity index (χ3n) is 3.88. The van der Waals surface area contributed by atoms with Gasteiger partial charge in [-0.2, -0.15) is 15.0 Å². The van der Waals surface area contributed by atoms with Gasteiger partial charge in [0.1, 0.15) is 0 Å². The van der Waals surface area contributed by atoms with Crippen molar-refractivity contribution in [2.45, 2.75) is 6.42 Å². The number of nitrogens with zero attached hydrogens (tertiary/aromatic N) is 3. The van der Waals surface area contributed by atoms with E-state index in [0.717, 1.165) is 17.8 Å². The minimum absolute atomic E-state index is 0.412. The number of benzene rings is 2. The van der Waals surface area contributed by atoms with Crippen molar-refractivity contribution < 1.29 is 0 Å². The molecule has 0 radical (unpaired) electrons. The van der Waals surface area contributed by atoms with E-state index >= 15 is 0 Å². The molecule has 0 aliphatic rings. The third-order valence-corrected chi connectivity index (χ3v) is 3.88. The largest absolute Gasteiger partial charge is 0.399 e. The zero-order chi connectivity index (χ0) is 19.8. The fourth-order valence-corrected chi connectivity index (χ4v) is 2.52. The molecule has 146 valence electrons. The Labute approximate surface area is 163 Å². The molecule has 0 saturated carbocycles. The summed E-state index contributed by atoms with van der Waals surface area (Å²) in [5.74, 6) is 1.33. The van der Waals surface area contributed by atoms with Crippen molar-refractivity contribution in [3.05, 3.63) is 54.1 Å². The van der Waals surface area contributed by atoms with Crippen molar-refractivity contribution >= 4 is 34.9 Å². The lowest BCUT2D eigenvalue weighted by molar-refractivity contribution is 0.945. The number of rotatable bonds is 9. The average molecular weight is 379 g/mol. The van der Waals surface area contributed by atoms with Gasteiger partial charge in [-0.15, -0.1) is 0 Å². The Kier molecular flexibility index (Phi) is 6.42. The molecule has 1 aromatic heterocycles. The molecular weight excluding hydrogens is 354 g/mol. The first-order valence-corrected chi connectivity index (χ1v) is 9.03. The average Bonchev–Trinajstić information content (AvgIpc) is 2.68. The highest BCUT2D eigenvalue weighted by Crippen LogP contribution is 2.18. The molecule has 9 N–H and O–H groups in total. The van der Waals surface area contributed by atoms with Crippen LogP contribution in [0, 0.1) is 0 Å². The van der Waals surface area contributed by atoms with Crippen molar-refractivity contribution in [3.8, 4) is 0 Å². The zero-order valence-electron chi connectivity index (χ0n) is 15.5. The number of hydrogen-bond acceptors (Lipinski definition) is 9. The Morgan fingerprint density at radius 1 is 0.750 bits per heavy atom. The van der Waals surface area contributed by atoms with E-state index in [2.05, 4.69) is 30.9 Å². The van der Waals surface area contributed by atoms with Crippen LogP contribution in [0.5, 0.6) is 0 Å². The Morgan fingerprint density at radius 3 is 2.11 bits per heavy atom. The van der Waals surface area contributed by atoms with Crippen LogP contribution in [0.1, 0.15) is 5.56 Å². The maximum Gasteiger partial charge on any atom is 0.233 e. The molecule has 3 aromatic rings. The van der Waals surface area contributed by atoms with Gasteiger partial charge in [-0.25, -0.2) is 0 Å². The minimum Gasteiger partial charge on any atom is -0.399 e. The van der Waals surface area contributed by atoms with Gasteiger partial charge in [-0.3, -0.25) is 0 Å². The van der Waals surface area contributed by atoms with Gasteiger partial charge >= 0.3 is 0 Å². The van der Waals surface area contributed by atoms with Crippen molar-refractivity contribution in [3.63, 3.8) is 0 Å². The molecule has 0 aliphatic carbocycles. The summed E-state index contributed by atoms with van der Waals surface area (Å²) in [5.41, 5.74) is 20.5. The van der Waals surface area contributed by atoms with Crippen LogP contribution in [0.15, 0.2) is 48.5 Å². The summed E-state index contributed by atoms with van der Waals surface area (Å²) in [6.45, 7) is 1.71. The van der Waals surface area contributed by atoms with Gasteiger partial charge in [0.05, 0.1) is 0 Å². The van der Waals surface area contributed by atoms with Gasteiger partial charge in [-0.1, -0.05) is 18.2 Å². The summed E-state index contributed by atoms with van der Waals surface area (Å²) in [6.07, 6.45) is 0.815. The molecule has 3 rings (SSSR count). The number of nitrogens with one attached hydrogen (secondary N) is 3. The van der Waals surface area contributed by atoms with Crippen LogP contribution in [0.3, 0.4) is 0 Å². The zero-order valence-corrected chi connectivity index (χ0v) is 15.5. The molecule has 0 amide bonds. The van der Waals surface area contributed by atoms with Crippen molar-refractivity contribution in [2.75, 3.05) is 47.1 Å². The smallest absolute Gasteiger partial charge is 0.233 e. The van der Waals surface area contributed by atoms with Gasteiger partial charge in [0.15, 0.2) is 0 Å². The van der Waals surface area contributed by atoms with E-state index in [1.807, 2.05) is 48.5 Å². The Bertz CT molecular complexity index is 896. The van der Waals surface area contributed by atoms with E-state index in [9.17, 15) is 0 Å². The first kappa shape index (κ1) is 19.2. The van der Waals surface area contributed by atoms with Gasteiger partial charge < -0.3 is 33.2 Å². The van der Waals surface area contributed by atoms with Gasteiger partial charge in [0, 0.05) is 36.7 Å². The second-order valence-electron chi connectivity index (χ2n) is 6.19. The van der Waals surface area contributed by atoms with Gasteiger partial charge in [0.2, 0.25) is 17.8 Å². The lowest BCUT2D eigenvalue weighted by atomic mass is 10.1. The molecule has 1 heterocycles. The molecule has 0 fully saturated rings. The fraction of sp³-hybridized carbons (Fsp3) is 0.211. The Balaban J connectivity index is 1.70. The molecule has 0 atom stereocenters. The monoisotopic (exact) mass is 379 g/mol. The minimum atomic E-state index is 0.412. The topological polar surface area (TPSA) is 153 Å². The number of nitrogens with two attached hydrogens (primary N) is 3. The molecule has 0 spiro atoms. The number of anilines is 6. The molecule has 9 nitrogen and oxygen atoms in total. The van der Waals surface area contributed by atoms with Crippen LogP contribution in [0.4, 0.5) is 34.9 Å². The molecule has 28 heavy (non-hydrogen) atoms. The summed E-state index contributed by atoms with van der Waals surface area (Å²) in [5, 5.41) is 9.46. The Hall–Kier alpha value is -3.59. The first-order valence-electron chi connectivity index (χ1n) is 9.03. The highest BCUT2D eigenvalue weighted by Gasteiger charge is 2.07. The van der Waals surface area contributed by atoms with Crippen LogP contribution in [-0.2, 0) is 6.42 Å². The number of aromatic nitrogens is 3. The van der Waals surface area contributed by atoms with Crippen LogP contribution >= 0.6 is 0 Å². The van der Waals surface area contributed by atoms with E-state index in [1.165, 1.54) is 5.56 Å². The maximum absolute atomic E-state index is 5.83. The Morgan fingerprint density at radius 2 is 1.43 bits per heavy atom. The first-order chi connectivity index (χ1) is 13.6. The second-order valence-corrected chi connectivity index (χ2v) is 6.19.